The summed E-state index contributed by atoms with van der Waals surface area (Å²) in [5, 5.41) is 11.5. The summed E-state index contributed by atoms with van der Waals surface area (Å²) in [4.78, 5) is 10.2. The molecule has 2 rings (SSSR count). The fourth-order valence-corrected chi connectivity index (χ4v) is 3.75. The van der Waals surface area contributed by atoms with Crippen molar-refractivity contribution in [1.82, 2.24) is 0 Å². The number of carboxylic acid groups (broad SMARTS) is 1. The molecule has 0 aromatic heterocycles. The summed E-state index contributed by atoms with van der Waals surface area (Å²) < 4.78 is 40.3. The highest BCUT2D eigenvalue weighted by atomic mass is 32.2. The third-order valence-corrected chi connectivity index (χ3v) is 4.83. The van der Waals surface area contributed by atoms with Crippen LogP contribution in [0.15, 0.2) is 27.5 Å². The van der Waals surface area contributed by atoms with Crippen molar-refractivity contribution in [2.75, 3.05) is 11.1 Å². The van der Waals surface area contributed by atoms with Gasteiger partial charge in [-0.25, -0.2) is 4.39 Å². The van der Waals surface area contributed by atoms with Crippen LogP contribution < -0.4 is 5.32 Å². The highest BCUT2D eigenvalue weighted by molar-refractivity contribution is 8.14. The number of halogens is 1. The zero-order valence-electron chi connectivity index (χ0n) is 10.2. The van der Waals surface area contributed by atoms with E-state index in [0.717, 1.165) is 23.9 Å². The number of nitrogens with zero attached hydrogens (tertiary/aromatic N) is 1. The van der Waals surface area contributed by atoms with Gasteiger partial charge in [0, 0.05) is 12.2 Å². The van der Waals surface area contributed by atoms with E-state index in [9.17, 15) is 17.6 Å². The molecule has 1 aromatic carbocycles. The van der Waals surface area contributed by atoms with E-state index in [4.69, 9.17) is 5.11 Å². The first-order chi connectivity index (χ1) is 9.38. The number of hydrogen-bond donors (Lipinski definition) is 2. The average molecular weight is 318 g/mol. The lowest BCUT2D eigenvalue weighted by Crippen LogP contribution is -2.19. The fraction of sp³-hybridized carbons (Fsp3) is 0.273. The number of benzene rings is 1. The molecule has 6 nitrogen and oxygen atoms in total. The zero-order valence-corrected chi connectivity index (χ0v) is 11.8. The number of carboxylic acids is 1. The van der Waals surface area contributed by atoms with Crippen LogP contribution in [0.3, 0.4) is 0 Å². The monoisotopic (exact) mass is 318 g/mol. The molecule has 0 unspecified atom stereocenters. The Balaban J connectivity index is 2.10. The number of amidine groups is 1. The number of rotatable bonds is 4. The number of carbonyl (C=O) groups is 1. The molecular weight excluding hydrogens is 307 g/mol. The van der Waals surface area contributed by atoms with Gasteiger partial charge in [-0.15, -0.1) is 4.40 Å². The number of thioether (sulfide) groups is 1. The Labute approximate surface area is 119 Å². The van der Waals surface area contributed by atoms with Crippen molar-refractivity contribution in [3.8, 4) is 0 Å². The third-order valence-electron chi connectivity index (χ3n) is 2.44. The van der Waals surface area contributed by atoms with Crippen LogP contribution in [0.2, 0.25) is 0 Å². The van der Waals surface area contributed by atoms with Gasteiger partial charge in [0.05, 0.1) is 5.69 Å². The van der Waals surface area contributed by atoms with Crippen LogP contribution in [0.5, 0.6) is 0 Å². The van der Waals surface area contributed by atoms with Crippen LogP contribution in [0.1, 0.15) is 12.8 Å². The summed E-state index contributed by atoms with van der Waals surface area (Å²) in [6.07, 6.45) is 0.409. The van der Waals surface area contributed by atoms with E-state index >= 15 is 0 Å². The summed E-state index contributed by atoms with van der Waals surface area (Å²) in [7, 11) is -3.92. The van der Waals surface area contributed by atoms with Gasteiger partial charge in [0.1, 0.15) is 10.7 Å². The van der Waals surface area contributed by atoms with Gasteiger partial charge in [-0.3, -0.25) is 4.79 Å². The predicted molar refractivity (Wildman–Crippen MR) is 74.0 cm³/mol. The summed E-state index contributed by atoms with van der Waals surface area (Å²) in [5.74, 6) is -1.14. The molecular formula is C11H11FN2O4S2. The van der Waals surface area contributed by atoms with Gasteiger partial charge in [0.25, 0.3) is 10.0 Å². The number of anilines is 1. The first kappa shape index (κ1) is 14.8. The topological polar surface area (TPSA) is 95.8 Å². The van der Waals surface area contributed by atoms with Crippen LogP contribution in [-0.4, -0.2) is 30.4 Å². The summed E-state index contributed by atoms with van der Waals surface area (Å²) in [5.41, 5.74) is 0.266. The summed E-state index contributed by atoms with van der Waals surface area (Å²) in [6, 6.07) is 3.39. The maximum Gasteiger partial charge on any atom is 0.303 e. The lowest BCUT2D eigenvalue weighted by Gasteiger charge is -2.17. The van der Waals surface area contributed by atoms with E-state index in [1.54, 1.807) is 0 Å². The number of hydrogen-bond acceptors (Lipinski definition) is 5. The Hall–Kier alpha value is -1.61. The Morgan fingerprint density at radius 1 is 1.45 bits per heavy atom. The first-order valence-corrected chi connectivity index (χ1v) is 8.07. The van der Waals surface area contributed by atoms with E-state index in [1.165, 1.54) is 6.07 Å². The van der Waals surface area contributed by atoms with E-state index in [2.05, 4.69) is 9.71 Å². The lowest BCUT2D eigenvalue weighted by molar-refractivity contribution is -0.137. The van der Waals surface area contributed by atoms with Crippen molar-refractivity contribution in [2.24, 2.45) is 4.40 Å². The van der Waals surface area contributed by atoms with E-state index in [0.29, 0.717) is 12.2 Å². The van der Waals surface area contributed by atoms with Gasteiger partial charge >= 0.3 is 5.97 Å². The third kappa shape index (κ3) is 3.48. The Morgan fingerprint density at radius 2 is 2.20 bits per heavy atom. The van der Waals surface area contributed by atoms with Gasteiger partial charge < -0.3 is 10.4 Å². The molecule has 108 valence electrons. The fourth-order valence-electron chi connectivity index (χ4n) is 1.56. The molecule has 0 saturated heterocycles. The maximum atomic E-state index is 13.1. The molecule has 0 fully saturated rings. The largest absolute Gasteiger partial charge is 0.481 e. The van der Waals surface area contributed by atoms with Gasteiger partial charge in [-0.2, -0.15) is 8.42 Å². The minimum absolute atomic E-state index is 0.00876. The van der Waals surface area contributed by atoms with Crippen molar-refractivity contribution in [2.45, 2.75) is 17.7 Å². The smallest absolute Gasteiger partial charge is 0.303 e. The first-order valence-electron chi connectivity index (χ1n) is 5.64. The van der Waals surface area contributed by atoms with E-state index in [1.807, 2.05) is 0 Å². The maximum absolute atomic E-state index is 13.1. The van der Waals surface area contributed by atoms with Crippen molar-refractivity contribution >= 4 is 38.6 Å². The molecule has 1 aromatic rings. The molecule has 20 heavy (non-hydrogen) atoms. The quantitative estimate of drug-likeness (QED) is 0.823. The van der Waals surface area contributed by atoms with Crippen LogP contribution in [0.4, 0.5) is 10.1 Å². The van der Waals surface area contributed by atoms with Gasteiger partial charge in [0.15, 0.2) is 5.17 Å². The Morgan fingerprint density at radius 3 is 2.90 bits per heavy atom. The standard InChI is InChI=1S/C11H11FN2O4S2/c12-7-3-4-8-9(6-7)20(17,18)14-11(13-8)19-5-1-2-10(15)16/h3-4,6H,1-2,5H2,(H,13,14)(H,15,16). The minimum Gasteiger partial charge on any atom is -0.481 e. The van der Waals surface area contributed by atoms with Crippen molar-refractivity contribution < 1.29 is 22.7 Å². The molecule has 0 bridgehead atoms. The molecule has 0 radical (unpaired) electrons. The van der Waals surface area contributed by atoms with Gasteiger partial charge in [-0.1, -0.05) is 11.8 Å². The highest BCUT2D eigenvalue weighted by Gasteiger charge is 2.25. The molecule has 0 amide bonds. The molecule has 1 aliphatic rings. The second kappa shape index (κ2) is 5.80. The lowest BCUT2D eigenvalue weighted by atomic mass is 10.3. The molecule has 1 aliphatic heterocycles. The number of fused-ring (bicyclic) bond motifs is 1. The molecule has 0 saturated carbocycles. The number of aliphatic carboxylic acids is 1. The molecule has 0 spiro atoms. The minimum atomic E-state index is -3.92. The average Bonchev–Trinajstić information content (AvgIpc) is 2.35. The van der Waals surface area contributed by atoms with E-state index < -0.39 is 21.8 Å². The van der Waals surface area contributed by atoms with Crippen molar-refractivity contribution in [3.63, 3.8) is 0 Å². The Kier molecular flexibility index (Phi) is 4.29. The van der Waals surface area contributed by atoms with Crippen LogP contribution >= 0.6 is 11.8 Å². The Bertz CT molecular complexity index is 673. The summed E-state index contributed by atoms with van der Waals surface area (Å²) in [6.45, 7) is 0. The molecule has 9 heteroatoms. The highest BCUT2D eigenvalue weighted by Crippen LogP contribution is 2.30. The van der Waals surface area contributed by atoms with Crippen molar-refractivity contribution in [3.05, 3.63) is 24.0 Å². The SMILES string of the molecule is O=C(O)CCCSC1=NS(=O)(=O)c2cc(F)ccc2N1. The zero-order chi connectivity index (χ0) is 14.8. The van der Waals surface area contributed by atoms with Crippen molar-refractivity contribution in [1.29, 1.82) is 0 Å². The predicted octanol–water partition coefficient (Wildman–Crippen LogP) is 1.89. The van der Waals surface area contributed by atoms with Crippen LogP contribution in [-0.2, 0) is 14.8 Å². The molecule has 0 atom stereocenters. The number of sulfonamides is 1. The van der Waals surface area contributed by atoms with E-state index in [-0.39, 0.29) is 22.2 Å². The van der Waals surface area contributed by atoms with Crippen LogP contribution in [0, 0.1) is 5.82 Å². The van der Waals surface area contributed by atoms with Crippen LogP contribution in [0.25, 0.3) is 0 Å². The van der Waals surface area contributed by atoms with Gasteiger partial charge in [0.2, 0.25) is 0 Å². The molecule has 1 heterocycles. The molecule has 0 aliphatic carbocycles. The number of nitrogens with one attached hydrogen (secondary N) is 1. The summed E-state index contributed by atoms with van der Waals surface area (Å²) >= 11 is 1.11. The normalized spacial score (nSPS) is 15.9. The van der Waals surface area contributed by atoms with Gasteiger partial charge in [-0.05, 0) is 24.6 Å². The molecule has 2 N–H and O–H groups in total. The second-order valence-electron chi connectivity index (χ2n) is 3.98. The second-order valence-corrected chi connectivity index (χ2v) is 6.64.